The molecule has 0 spiro atoms. The minimum Gasteiger partial charge on any atom is -0.389 e. The number of aliphatic hydroxyl groups excluding tert-OH is 1. The average molecular weight is 401 g/mol. The van der Waals surface area contributed by atoms with E-state index < -0.39 is 6.10 Å². The van der Waals surface area contributed by atoms with E-state index in [1.807, 2.05) is 37.3 Å². The maximum absolute atomic E-state index is 10.7. The third kappa shape index (κ3) is 4.57. The third-order valence-corrected chi connectivity index (χ3v) is 5.61. The van der Waals surface area contributed by atoms with Crippen LogP contribution in [-0.2, 0) is 11.3 Å². The highest BCUT2D eigenvalue weighted by atomic mass is 35.5. The summed E-state index contributed by atoms with van der Waals surface area (Å²) < 4.78 is 8.15. The molecule has 150 valence electrons. The van der Waals surface area contributed by atoms with E-state index in [1.165, 1.54) is 25.7 Å². The van der Waals surface area contributed by atoms with E-state index in [4.69, 9.17) is 9.72 Å². The first-order valence-corrected chi connectivity index (χ1v) is 10.0. The average Bonchev–Trinajstić information content (AvgIpc) is 3.35. The highest BCUT2D eigenvalue weighted by Crippen LogP contribution is 2.35. The van der Waals surface area contributed by atoms with Gasteiger partial charge in [-0.2, -0.15) is 0 Å². The van der Waals surface area contributed by atoms with E-state index in [0.29, 0.717) is 19.1 Å². The monoisotopic (exact) mass is 400 g/mol. The fraction of sp³-hybridized carbons (Fsp3) is 0.435. The van der Waals surface area contributed by atoms with Gasteiger partial charge in [0, 0.05) is 5.92 Å². The molecule has 1 N–H and O–H groups in total. The predicted molar refractivity (Wildman–Crippen MR) is 115 cm³/mol. The van der Waals surface area contributed by atoms with Gasteiger partial charge in [0.2, 0.25) is 0 Å². The summed E-state index contributed by atoms with van der Waals surface area (Å²) in [6.45, 7) is 2.86. The SMILES string of the molecule is CC(OCC(O)Cn1c(C2CCCC2)nc2ccccc21)c1ccccc1.Cl. The summed E-state index contributed by atoms with van der Waals surface area (Å²) in [6, 6.07) is 18.4. The van der Waals surface area contributed by atoms with Crippen molar-refractivity contribution in [3.63, 3.8) is 0 Å². The van der Waals surface area contributed by atoms with Crippen LogP contribution in [0.2, 0.25) is 0 Å². The summed E-state index contributed by atoms with van der Waals surface area (Å²) in [5.74, 6) is 1.64. The molecule has 0 amide bonds. The molecular formula is C23H29ClN2O2. The Bertz CT molecular complexity index is 875. The number of para-hydroxylation sites is 2. The predicted octanol–water partition coefficient (Wildman–Crippen LogP) is 5.25. The standard InChI is InChI=1S/C23H28N2O2.ClH/c1-17(18-9-3-2-4-10-18)27-16-20(26)15-25-22-14-8-7-13-21(22)24-23(25)19-11-5-6-12-19;/h2-4,7-10,13-14,17,19-20,26H,5-6,11-12,15-16H2,1H3;1H. The molecule has 0 aliphatic heterocycles. The number of aromatic nitrogens is 2. The van der Waals surface area contributed by atoms with Crippen LogP contribution in [0.5, 0.6) is 0 Å². The summed E-state index contributed by atoms with van der Waals surface area (Å²) in [6.07, 6.45) is 4.34. The fourth-order valence-corrected chi connectivity index (χ4v) is 4.12. The first kappa shape index (κ1) is 20.8. The number of hydrogen-bond donors (Lipinski definition) is 1. The number of ether oxygens (including phenoxy) is 1. The molecule has 0 bridgehead atoms. The number of halogens is 1. The summed E-state index contributed by atoms with van der Waals surface area (Å²) in [7, 11) is 0. The molecule has 2 aromatic carbocycles. The van der Waals surface area contributed by atoms with Crippen LogP contribution in [0.3, 0.4) is 0 Å². The van der Waals surface area contributed by atoms with E-state index in [0.717, 1.165) is 22.4 Å². The molecular weight excluding hydrogens is 372 g/mol. The normalized spacial score (nSPS) is 16.8. The number of fused-ring (bicyclic) bond motifs is 1. The van der Waals surface area contributed by atoms with Gasteiger partial charge >= 0.3 is 0 Å². The van der Waals surface area contributed by atoms with Crippen LogP contribution in [0.25, 0.3) is 11.0 Å². The van der Waals surface area contributed by atoms with Gasteiger partial charge in [-0.1, -0.05) is 55.3 Å². The van der Waals surface area contributed by atoms with Gasteiger partial charge in [-0.15, -0.1) is 12.4 Å². The van der Waals surface area contributed by atoms with Gasteiger partial charge in [0.05, 0.1) is 36.4 Å². The molecule has 3 aromatic rings. The number of rotatable bonds is 7. The zero-order valence-electron chi connectivity index (χ0n) is 16.3. The molecule has 1 aliphatic carbocycles. The van der Waals surface area contributed by atoms with Crippen molar-refractivity contribution >= 4 is 23.4 Å². The lowest BCUT2D eigenvalue weighted by atomic mass is 10.1. The zero-order chi connectivity index (χ0) is 18.6. The molecule has 1 aliphatic rings. The van der Waals surface area contributed by atoms with E-state index >= 15 is 0 Å². The minimum absolute atomic E-state index is 0. The summed E-state index contributed by atoms with van der Waals surface area (Å²) in [5.41, 5.74) is 3.25. The van der Waals surface area contributed by atoms with Crippen LogP contribution in [0, 0.1) is 0 Å². The Labute approximate surface area is 173 Å². The quantitative estimate of drug-likeness (QED) is 0.588. The van der Waals surface area contributed by atoms with Crippen LogP contribution >= 0.6 is 12.4 Å². The maximum Gasteiger partial charge on any atom is 0.113 e. The smallest absolute Gasteiger partial charge is 0.113 e. The van der Waals surface area contributed by atoms with E-state index in [9.17, 15) is 5.11 Å². The highest BCUT2D eigenvalue weighted by Gasteiger charge is 2.24. The molecule has 2 unspecified atom stereocenters. The Hall–Kier alpha value is -1.88. The van der Waals surface area contributed by atoms with Gasteiger partial charge in [0.1, 0.15) is 5.82 Å². The lowest BCUT2D eigenvalue weighted by Crippen LogP contribution is -2.24. The molecule has 1 fully saturated rings. The highest BCUT2D eigenvalue weighted by molar-refractivity contribution is 5.85. The molecule has 1 heterocycles. The Kier molecular flexibility index (Phi) is 7.11. The van der Waals surface area contributed by atoms with Crippen molar-refractivity contribution in [1.29, 1.82) is 0 Å². The van der Waals surface area contributed by atoms with Gasteiger partial charge in [0.15, 0.2) is 0 Å². The molecule has 28 heavy (non-hydrogen) atoms. The van der Waals surface area contributed by atoms with Gasteiger partial charge in [0.25, 0.3) is 0 Å². The molecule has 4 rings (SSSR count). The van der Waals surface area contributed by atoms with Crippen molar-refractivity contribution in [3.8, 4) is 0 Å². The second-order valence-electron chi connectivity index (χ2n) is 7.59. The Morgan fingerprint density at radius 3 is 2.50 bits per heavy atom. The van der Waals surface area contributed by atoms with Gasteiger partial charge < -0.3 is 14.4 Å². The molecule has 4 nitrogen and oxygen atoms in total. The van der Waals surface area contributed by atoms with Crippen molar-refractivity contribution in [2.24, 2.45) is 0 Å². The molecule has 1 saturated carbocycles. The Morgan fingerprint density at radius 1 is 1.07 bits per heavy atom. The van der Waals surface area contributed by atoms with Crippen molar-refractivity contribution in [1.82, 2.24) is 9.55 Å². The van der Waals surface area contributed by atoms with E-state index in [1.54, 1.807) is 0 Å². The largest absolute Gasteiger partial charge is 0.389 e. The van der Waals surface area contributed by atoms with Crippen LogP contribution in [0.15, 0.2) is 54.6 Å². The van der Waals surface area contributed by atoms with Crippen molar-refractivity contribution < 1.29 is 9.84 Å². The molecule has 2 atom stereocenters. The van der Waals surface area contributed by atoms with Crippen LogP contribution < -0.4 is 0 Å². The fourth-order valence-electron chi connectivity index (χ4n) is 4.12. The van der Waals surface area contributed by atoms with Crippen molar-refractivity contribution in [2.75, 3.05) is 6.61 Å². The first-order valence-electron chi connectivity index (χ1n) is 10.0. The van der Waals surface area contributed by atoms with Gasteiger partial charge in [-0.3, -0.25) is 0 Å². The van der Waals surface area contributed by atoms with Gasteiger partial charge in [-0.05, 0) is 37.5 Å². The molecule has 0 saturated heterocycles. The number of hydrogen-bond acceptors (Lipinski definition) is 3. The Morgan fingerprint density at radius 2 is 1.75 bits per heavy atom. The van der Waals surface area contributed by atoms with E-state index in [-0.39, 0.29) is 18.5 Å². The summed E-state index contributed by atoms with van der Waals surface area (Å²) >= 11 is 0. The van der Waals surface area contributed by atoms with Crippen LogP contribution in [0.1, 0.15) is 56.0 Å². The number of imidazole rings is 1. The van der Waals surface area contributed by atoms with Crippen molar-refractivity contribution in [3.05, 3.63) is 66.0 Å². The molecule has 5 heteroatoms. The number of nitrogens with zero attached hydrogens (tertiary/aromatic N) is 2. The number of benzene rings is 2. The third-order valence-electron chi connectivity index (χ3n) is 5.61. The lowest BCUT2D eigenvalue weighted by molar-refractivity contribution is -0.00867. The Balaban J connectivity index is 0.00000225. The topological polar surface area (TPSA) is 47.3 Å². The molecule has 0 radical (unpaired) electrons. The maximum atomic E-state index is 10.7. The van der Waals surface area contributed by atoms with Crippen LogP contribution in [-0.4, -0.2) is 27.4 Å². The van der Waals surface area contributed by atoms with Crippen LogP contribution in [0.4, 0.5) is 0 Å². The van der Waals surface area contributed by atoms with E-state index in [2.05, 4.69) is 28.8 Å². The number of aliphatic hydroxyl groups is 1. The lowest BCUT2D eigenvalue weighted by Gasteiger charge is -2.20. The summed E-state index contributed by atoms with van der Waals surface area (Å²) in [4.78, 5) is 4.90. The van der Waals surface area contributed by atoms with Gasteiger partial charge in [-0.25, -0.2) is 4.98 Å². The second-order valence-corrected chi connectivity index (χ2v) is 7.59. The minimum atomic E-state index is -0.561. The first-order chi connectivity index (χ1) is 13.2. The summed E-state index contributed by atoms with van der Waals surface area (Å²) in [5, 5.41) is 10.7. The second kappa shape index (κ2) is 9.55. The zero-order valence-corrected chi connectivity index (χ0v) is 17.1. The van der Waals surface area contributed by atoms with Crippen molar-refractivity contribution in [2.45, 2.75) is 57.3 Å². The molecule has 1 aromatic heterocycles.